The van der Waals surface area contributed by atoms with Gasteiger partial charge in [-0.3, -0.25) is 9.36 Å². The van der Waals surface area contributed by atoms with E-state index in [1.54, 1.807) is 11.6 Å². The summed E-state index contributed by atoms with van der Waals surface area (Å²) in [6, 6.07) is 6.26. The molecular weight excluding hydrogens is 412 g/mol. The average molecular weight is 438 g/mol. The van der Waals surface area contributed by atoms with Crippen LogP contribution in [0.5, 0.6) is 5.75 Å². The van der Waals surface area contributed by atoms with Gasteiger partial charge in [-0.15, -0.1) is 5.10 Å². The van der Waals surface area contributed by atoms with Crippen LogP contribution in [0.15, 0.2) is 29.1 Å². The fourth-order valence-electron chi connectivity index (χ4n) is 3.96. The maximum absolute atomic E-state index is 13.3. The Kier molecular flexibility index (Phi) is 6.81. The molecule has 0 fully saturated rings. The van der Waals surface area contributed by atoms with Crippen molar-refractivity contribution in [3.8, 4) is 17.1 Å². The Bertz CT molecular complexity index is 1100. The Morgan fingerprint density at radius 3 is 2.40 bits per heavy atom. The number of nitrogens with zero attached hydrogens (tertiary/aromatic N) is 3. The smallest absolute Gasteiger partial charge is 0.387 e. The first-order valence-electron chi connectivity index (χ1n) is 10.1. The Morgan fingerprint density at radius 2 is 1.83 bits per heavy atom. The predicted octanol–water partition coefficient (Wildman–Crippen LogP) is 5.95. The molecular formula is C22H26ClF2N3O2. The fraction of sp³-hybridized carbons (Fsp3) is 0.455. The second-order valence-corrected chi connectivity index (χ2v) is 7.89. The first-order chi connectivity index (χ1) is 14.3. The molecule has 0 aliphatic heterocycles. The van der Waals surface area contributed by atoms with Gasteiger partial charge in [0, 0.05) is 18.3 Å². The number of alkyl halides is 2. The van der Waals surface area contributed by atoms with Gasteiger partial charge in [-0.25, -0.2) is 4.52 Å². The molecule has 3 rings (SSSR count). The van der Waals surface area contributed by atoms with E-state index in [-0.39, 0.29) is 16.3 Å². The lowest BCUT2D eigenvalue weighted by atomic mass is 9.91. The van der Waals surface area contributed by atoms with Crippen LogP contribution >= 0.6 is 11.6 Å². The molecule has 3 aromatic rings. The third-order valence-electron chi connectivity index (χ3n) is 5.32. The number of benzene rings is 1. The van der Waals surface area contributed by atoms with Gasteiger partial charge in [0.15, 0.2) is 5.82 Å². The number of hydrogen-bond acceptors (Lipinski definition) is 3. The third-order valence-corrected chi connectivity index (χ3v) is 5.64. The second kappa shape index (κ2) is 9.16. The van der Waals surface area contributed by atoms with E-state index in [1.165, 1.54) is 22.8 Å². The highest BCUT2D eigenvalue weighted by Crippen LogP contribution is 2.33. The van der Waals surface area contributed by atoms with E-state index in [4.69, 9.17) is 11.6 Å². The summed E-state index contributed by atoms with van der Waals surface area (Å²) in [5.41, 5.74) is 2.78. The molecule has 2 aromatic heterocycles. The van der Waals surface area contributed by atoms with Gasteiger partial charge in [0.2, 0.25) is 0 Å². The van der Waals surface area contributed by atoms with Crippen LogP contribution in [0, 0.1) is 6.92 Å². The summed E-state index contributed by atoms with van der Waals surface area (Å²) >= 11 is 6.31. The molecule has 0 saturated heterocycles. The van der Waals surface area contributed by atoms with E-state index in [2.05, 4.69) is 23.7 Å². The minimum absolute atomic E-state index is 0.0498. The van der Waals surface area contributed by atoms with Crippen LogP contribution < -0.4 is 10.3 Å². The molecule has 0 radical (unpaired) electrons. The molecule has 2 heterocycles. The Hall–Kier alpha value is -2.41. The first-order valence-corrected chi connectivity index (χ1v) is 10.5. The number of rotatable bonds is 8. The fourth-order valence-corrected chi connectivity index (χ4v) is 4.22. The van der Waals surface area contributed by atoms with Crippen molar-refractivity contribution in [1.29, 1.82) is 0 Å². The standard InChI is InChI=1S/C22H26ClF2N3O2/c1-5-7-14(8-6-2)17-11-13(3)28-19(17)21(29)27(4)20(26-28)16-10-9-15(12-18(16)23)30-22(24)25/h9-12,14,22H,5-8H2,1-4H3. The van der Waals surface area contributed by atoms with Crippen LogP contribution in [-0.2, 0) is 7.05 Å². The molecule has 1 aromatic carbocycles. The van der Waals surface area contributed by atoms with Gasteiger partial charge in [-0.05, 0) is 55.5 Å². The lowest BCUT2D eigenvalue weighted by Gasteiger charge is -2.16. The molecule has 0 saturated carbocycles. The van der Waals surface area contributed by atoms with Gasteiger partial charge in [-0.2, -0.15) is 8.78 Å². The zero-order valence-corrected chi connectivity index (χ0v) is 18.3. The number of aryl methyl sites for hydroxylation is 1. The molecule has 0 amide bonds. The van der Waals surface area contributed by atoms with Gasteiger partial charge in [0.1, 0.15) is 11.3 Å². The number of halogens is 3. The molecule has 0 unspecified atom stereocenters. The van der Waals surface area contributed by atoms with Gasteiger partial charge in [0.25, 0.3) is 5.56 Å². The Morgan fingerprint density at radius 1 is 1.17 bits per heavy atom. The van der Waals surface area contributed by atoms with Crippen molar-refractivity contribution in [1.82, 2.24) is 14.2 Å². The highest BCUT2D eigenvalue weighted by molar-refractivity contribution is 6.33. The van der Waals surface area contributed by atoms with Crippen LogP contribution in [0.4, 0.5) is 8.78 Å². The second-order valence-electron chi connectivity index (χ2n) is 7.48. The summed E-state index contributed by atoms with van der Waals surface area (Å²) < 4.78 is 32.5. The van der Waals surface area contributed by atoms with Gasteiger partial charge in [-0.1, -0.05) is 38.3 Å². The van der Waals surface area contributed by atoms with Crippen LogP contribution in [0.3, 0.4) is 0 Å². The van der Waals surface area contributed by atoms with E-state index >= 15 is 0 Å². The summed E-state index contributed by atoms with van der Waals surface area (Å²) in [5.74, 6) is 0.610. The quantitative estimate of drug-likeness (QED) is 0.437. The van der Waals surface area contributed by atoms with Crippen LogP contribution in [0.25, 0.3) is 16.9 Å². The molecule has 0 N–H and O–H groups in total. The van der Waals surface area contributed by atoms with E-state index in [9.17, 15) is 13.6 Å². The summed E-state index contributed by atoms with van der Waals surface area (Å²) in [6.07, 6.45) is 4.09. The monoisotopic (exact) mass is 437 g/mol. The topological polar surface area (TPSA) is 48.5 Å². The molecule has 0 aliphatic rings. The molecule has 0 aliphatic carbocycles. The highest BCUT2D eigenvalue weighted by atomic mass is 35.5. The molecule has 162 valence electrons. The van der Waals surface area contributed by atoms with Crippen molar-refractivity contribution < 1.29 is 13.5 Å². The molecule has 0 spiro atoms. The number of hydrogen-bond donors (Lipinski definition) is 0. The first kappa shape index (κ1) is 22.3. The minimum Gasteiger partial charge on any atom is -0.435 e. The SMILES string of the molecule is CCCC(CCC)c1cc(C)n2nc(-c3ccc(OC(F)F)cc3Cl)n(C)c(=O)c12. The summed E-state index contributed by atoms with van der Waals surface area (Å²) in [6.45, 7) is 3.27. The number of ether oxygens (including phenoxy) is 1. The Balaban J connectivity index is 2.17. The van der Waals surface area contributed by atoms with E-state index in [1.807, 2.05) is 13.0 Å². The van der Waals surface area contributed by atoms with Crippen LogP contribution in [0.1, 0.15) is 56.7 Å². The molecule has 5 nitrogen and oxygen atoms in total. The van der Waals surface area contributed by atoms with Crippen molar-refractivity contribution in [2.75, 3.05) is 0 Å². The van der Waals surface area contributed by atoms with Gasteiger partial charge >= 0.3 is 6.61 Å². The van der Waals surface area contributed by atoms with Crippen LogP contribution in [0.2, 0.25) is 5.02 Å². The molecule has 0 bridgehead atoms. The maximum atomic E-state index is 13.3. The van der Waals surface area contributed by atoms with E-state index in [0.717, 1.165) is 36.9 Å². The molecule has 0 atom stereocenters. The zero-order chi connectivity index (χ0) is 22.0. The lowest BCUT2D eigenvalue weighted by molar-refractivity contribution is -0.0498. The Labute approximate surface area is 179 Å². The van der Waals surface area contributed by atoms with Gasteiger partial charge < -0.3 is 4.74 Å². The van der Waals surface area contributed by atoms with Crippen molar-refractivity contribution in [2.45, 2.75) is 59.0 Å². The minimum atomic E-state index is -2.94. The highest BCUT2D eigenvalue weighted by Gasteiger charge is 2.22. The van der Waals surface area contributed by atoms with Crippen molar-refractivity contribution in [3.05, 3.63) is 50.9 Å². The maximum Gasteiger partial charge on any atom is 0.387 e. The number of fused-ring (bicyclic) bond motifs is 1. The van der Waals surface area contributed by atoms with Crippen molar-refractivity contribution >= 4 is 17.1 Å². The molecule has 8 heteroatoms. The van der Waals surface area contributed by atoms with E-state index < -0.39 is 6.61 Å². The van der Waals surface area contributed by atoms with Crippen molar-refractivity contribution in [3.63, 3.8) is 0 Å². The summed E-state index contributed by atoms with van der Waals surface area (Å²) in [7, 11) is 1.64. The normalized spacial score (nSPS) is 11.8. The predicted molar refractivity (Wildman–Crippen MR) is 115 cm³/mol. The largest absolute Gasteiger partial charge is 0.435 e. The van der Waals surface area contributed by atoms with Crippen molar-refractivity contribution in [2.24, 2.45) is 7.05 Å². The third kappa shape index (κ3) is 4.21. The summed E-state index contributed by atoms with van der Waals surface area (Å²) in [4.78, 5) is 13.3. The average Bonchev–Trinajstić information content (AvgIpc) is 3.01. The van der Waals surface area contributed by atoms with E-state index in [0.29, 0.717) is 22.8 Å². The van der Waals surface area contributed by atoms with Gasteiger partial charge in [0.05, 0.1) is 5.02 Å². The number of aromatic nitrogens is 3. The summed E-state index contributed by atoms with van der Waals surface area (Å²) in [5, 5.41) is 4.86. The zero-order valence-electron chi connectivity index (χ0n) is 17.6. The molecule has 30 heavy (non-hydrogen) atoms. The van der Waals surface area contributed by atoms with Crippen LogP contribution in [-0.4, -0.2) is 20.8 Å². The lowest BCUT2D eigenvalue weighted by Crippen LogP contribution is -2.24.